The average Bonchev–Trinajstić information content (AvgIpc) is 2.79. The van der Waals surface area contributed by atoms with Gasteiger partial charge >= 0.3 is 0 Å². The van der Waals surface area contributed by atoms with E-state index in [1.165, 1.54) is 5.56 Å². The Morgan fingerprint density at radius 3 is 2.88 bits per heavy atom. The molecule has 0 spiro atoms. The molecular formula is C13H14ClNO. The predicted molar refractivity (Wildman–Crippen MR) is 65.4 cm³/mol. The van der Waals surface area contributed by atoms with Crippen molar-refractivity contribution in [2.75, 3.05) is 0 Å². The van der Waals surface area contributed by atoms with Crippen LogP contribution >= 0.6 is 11.6 Å². The van der Waals surface area contributed by atoms with Crippen molar-refractivity contribution in [2.45, 2.75) is 19.5 Å². The summed E-state index contributed by atoms with van der Waals surface area (Å²) in [5, 5.41) is 4.14. The maximum absolute atomic E-state index is 5.91. The van der Waals surface area contributed by atoms with Crippen LogP contribution in [0.2, 0.25) is 5.02 Å². The van der Waals surface area contributed by atoms with E-state index in [9.17, 15) is 0 Å². The molecule has 1 atom stereocenters. The molecule has 0 unspecified atom stereocenters. The Bertz CT molecular complexity index is 439. The molecule has 0 amide bonds. The molecule has 0 aliphatic carbocycles. The van der Waals surface area contributed by atoms with E-state index in [1.807, 2.05) is 36.4 Å². The molecular weight excluding hydrogens is 222 g/mol. The number of rotatable bonds is 4. The van der Waals surface area contributed by atoms with Crippen LogP contribution in [0.25, 0.3) is 0 Å². The van der Waals surface area contributed by atoms with Crippen LogP contribution in [0.5, 0.6) is 0 Å². The standard InChI is InChI=1S/C13H14ClNO/c1-10(13-6-3-7-16-13)15-9-11-4-2-5-12(14)8-11/h2-8,10,15H,9H2,1H3/t10-/m1/s1. The lowest BCUT2D eigenvalue weighted by atomic mass is 10.2. The van der Waals surface area contributed by atoms with Gasteiger partial charge < -0.3 is 9.73 Å². The van der Waals surface area contributed by atoms with Gasteiger partial charge in [-0.15, -0.1) is 0 Å². The third-order valence-corrected chi connectivity index (χ3v) is 2.71. The first-order valence-corrected chi connectivity index (χ1v) is 5.65. The fourth-order valence-corrected chi connectivity index (χ4v) is 1.77. The summed E-state index contributed by atoms with van der Waals surface area (Å²) in [6.45, 7) is 2.85. The summed E-state index contributed by atoms with van der Waals surface area (Å²) < 4.78 is 5.32. The molecule has 0 saturated heterocycles. The number of halogens is 1. The normalized spacial score (nSPS) is 12.6. The lowest BCUT2D eigenvalue weighted by Crippen LogP contribution is -2.17. The van der Waals surface area contributed by atoms with Gasteiger partial charge in [-0.25, -0.2) is 0 Å². The lowest BCUT2D eigenvalue weighted by molar-refractivity contribution is 0.430. The fraction of sp³-hybridized carbons (Fsp3) is 0.231. The highest BCUT2D eigenvalue weighted by atomic mass is 35.5. The molecule has 0 bridgehead atoms. The highest BCUT2D eigenvalue weighted by Crippen LogP contribution is 2.14. The van der Waals surface area contributed by atoms with Crippen LogP contribution in [0.15, 0.2) is 47.1 Å². The second-order valence-corrected chi connectivity index (χ2v) is 4.18. The van der Waals surface area contributed by atoms with Crippen LogP contribution in [0, 0.1) is 0 Å². The highest BCUT2D eigenvalue weighted by Gasteiger charge is 2.06. The summed E-state index contributed by atoms with van der Waals surface area (Å²) in [5.41, 5.74) is 1.17. The molecule has 0 radical (unpaired) electrons. The Labute approximate surface area is 100 Å². The largest absolute Gasteiger partial charge is 0.468 e. The van der Waals surface area contributed by atoms with Gasteiger partial charge in [0.05, 0.1) is 12.3 Å². The number of furan rings is 1. The highest BCUT2D eigenvalue weighted by molar-refractivity contribution is 6.30. The molecule has 1 aromatic heterocycles. The summed E-state index contributed by atoms with van der Waals surface area (Å²) in [7, 11) is 0. The minimum Gasteiger partial charge on any atom is -0.468 e. The molecule has 2 rings (SSSR count). The van der Waals surface area contributed by atoms with Gasteiger partial charge in [-0.1, -0.05) is 23.7 Å². The van der Waals surface area contributed by atoms with E-state index in [0.717, 1.165) is 17.3 Å². The van der Waals surface area contributed by atoms with E-state index in [0.29, 0.717) is 0 Å². The van der Waals surface area contributed by atoms with Crippen molar-refractivity contribution in [1.29, 1.82) is 0 Å². The molecule has 0 aliphatic heterocycles. The lowest BCUT2D eigenvalue weighted by Gasteiger charge is -2.11. The van der Waals surface area contributed by atoms with E-state index in [4.69, 9.17) is 16.0 Å². The first-order valence-electron chi connectivity index (χ1n) is 5.27. The molecule has 84 valence electrons. The first kappa shape index (κ1) is 11.2. The van der Waals surface area contributed by atoms with Gasteiger partial charge in [0.25, 0.3) is 0 Å². The van der Waals surface area contributed by atoms with E-state index in [2.05, 4.69) is 12.2 Å². The number of hydrogen-bond acceptors (Lipinski definition) is 2. The Morgan fingerprint density at radius 2 is 2.19 bits per heavy atom. The van der Waals surface area contributed by atoms with Crippen LogP contribution < -0.4 is 5.32 Å². The van der Waals surface area contributed by atoms with Crippen molar-refractivity contribution in [3.8, 4) is 0 Å². The van der Waals surface area contributed by atoms with Gasteiger partial charge in [-0.3, -0.25) is 0 Å². The van der Waals surface area contributed by atoms with Crippen molar-refractivity contribution in [3.05, 3.63) is 59.0 Å². The number of nitrogens with one attached hydrogen (secondary N) is 1. The zero-order valence-electron chi connectivity index (χ0n) is 9.11. The molecule has 0 saturated carbocycles. The fourth-order valence-electron chi connectivity index (χ4n) is 1.56. The minimum absolute atomic E-state index is 0.203. The predicted octanol–water partition coefficient (Wildman–Crippen LogP) is 3.78. The van der Waals surface area contributed by atoms with Crippen molar-refractivity contribution < 1.29 is 4.42 Å². The first-order chi connectivity index (χ1) is 7.75. The Morgan fingerprint density at radius 1 is 1.31 bits per heavy atom. The molecule has 1 aromatic carbocycles. The van der Waals surface area contributed by atoms with Gasteiger partial charge in [0.15, 0.2) is 0 Å². The van der Waals surface area contributed by atoms with Crippen molar-refractivity contribution >= 4 is 11.6 Å². The summed E-state index contributed by atoms with van der Waals surface area (Å²) in [4.78, 5) is 0. The second kappa shape index (κ2) is 5.19. The number of hydrogen-bond donors (Lipinski definition) is 1. The zero-order valence-corrected chi connectivity index (χ0v) is 9.87. The van der Waals surface area contributed by atoms with Gasteiger partial charge in [-0.2, -0.15) is 0 Å². The molecule has 3 heteroatoms. The maximum Gasteiger partial charge on any atom is 0.120 e. The number of benzene rings is 1. The van der Waals surface area contributed by atoms with E-state index in [1.54, 1.807) is 6.26 Å². The van der Waals surface area contributed by atoms with Crippen LogP contribution in [-0.4, -0.2) is 0 Å². The monoisotopic (exact) mass is 235 g/mol. The molecule has 2 nitrogen and oxygen atoms in total. The third kappa shape index (κ3) is 2.87. The third-order valence-electron chi connectivity index (χ3n) is 2.47. The minimum atomic E-state index is 0.203. The topological polar surface area (TPSA) is 25.2 Å². The molecule has 1 N–H and O–H groups in total. The van der Waals surface area contributed by atoms with Crippen LogP contribution in [-0.2, 0) is 6.54 Å². The van der Waals surface area contributed by atoms with Crippen molar-refractivity contribution in [2.24, 2.45) is 0 Å². The maximum atomic E-state index is 5.91. The molecule has 0 aliphatic rings. The Balaban J connectivity index is 1.92. The quantitative estimate of drug-likeness (QED) is 0.873. The van der Waals surface area contributed by atoms with Crippen molar-refractivity contribution in [1.82, 2.24) is 5.32 Å². The van der Waals surface area contributed by atoms with E-state index >= 15 is 0 Å². The van der Waals surface area contributed by atoms with Gasteiger partial charge in [0.1, 0.15) is 5.76 Å². The molecule has 0 fully saturated rings. The van der Waals surface area contributed by atoms with E-state index in [-0.39, 0.29) is 6.04 Å². The van der Waals surface area contributed by atoms with Crippen LogP contribution in [0.3, 0.4) is 0 Å². The smallest absolute Gasteiger partial charge is 0.120 e. The van der Waals surface area contributed by atoms with Crippen LogP contribution in [0.1, 0.15) is 24.3 Å². The van der Waals surface area contributed by atoms with Gasteiger partial charge in [0.2, 0.25) is 0 Å². The van der Waals surface area contributed by atoms with Gasteiger partial charge in [0, 0.05) is 11.6 Å². The van der Waals surface area contributed by atoms with Crippen LogP contribution in [0.4, 0.5) is 0 Å². The molecule has 16 heavy (non-hydrogen) atoms. The summed E-state index contributed by atoms with van der Waals surface area (Å²) in [6.07, 6.45) is 1.69. The second-order valence-electron chi connectivity index (χ2n) is 3.75. The van der Waals surface area contributed by atoms with Crippen molar-refractivity contribution in [3.63, 3.8) is 0 Å². The Hall–Kier alpha value is -1.25. The average molecular weight is 236 g/mol. The van der Waals surface area contributed by atoms with E-state index < -0.39 is 0 Å². The zero-order chi connectivity index (χ0) is 11.4. The summed E-state index contributed by atoms with van der Waals surface area (Å²) in [5.74, 6) is 0.946. The molecule has 1 heterocycles. The SMILES string of the molecule is C[C@@H](NCc1cccc(Cl)c1)c1ccco1. The summed E-state index contributed by atoms with van der Waals surface area (Å²) >= 11 is 5.91. The molecule has 2 aromatic rings. The Kier molecular flexibility index (Phi) is 3.65. The van der Waals surface area contributed by atoms with Gasteiger partial charge in [-0.05, 0) is 36.8 Å². The summed E-state index contributed by atoms with van der Waals surface area (Å²) in [6, 6.07) is 11.9.